The lowest BCUT2D eigenvalue weighted by atomic mass is 10.2. The van der Waals surface area contributed by atoms with Crippen molar-refractivity contribution in [2.24, 2.45) is 0 Å². The Hall–Kier alpha value is -2.66. The summed E-state index contributed by atoms with van der Waals surface area (Å²) in [5.41, 5.74) is 1.61. The van der Waals surface area contributed by atoms with Gasteiger partial charge in [-0.2, -0.15) is 13.2 Å². The van der Waals surface area contributed by atoms with E-state index in [-0.39, 0.29) is 34.7 Å². The molecule has 4 rings (SSSR count). The molecule has 11 heteroatoms. The number of alkyl halides is 3. The van der Waals surface area contributed by atoms with Gasteiger partial charge in [0, 0.05) is 29.1 Å². The van der Waals surface area contributed by atoms with Crippen LogP contribution in [0.25, 0.3) is 11.4 Å². The third-order valence-corrected chi connectivity index (χ3v) is 6.74. The maximum Gasteiger partial charge on any atom is 0.406 e. The van der Waals surface area contributed by atoms with Gasteiger partial charge in [-0.1, -0.05) is 11.8 Å². The number of benzene rings is 1. The van der Waals surface area contributed by atoms with E-state index in [1.165, 1.54) is 36.9 Å². The number of halogens is 4. The number of thioether (sulfide) groups is 1. The molecule has 1 saturated heterocycles. The maximum atomic E-state index is 13.4. The van der Waals surface area contributed by atoms with Crippen molar-refractivity contribution in [3.8, 4) is 11.4 Å². The minimum absolute atomic E-state index is 0.0105. The van der Waals surface area contributed by atoms with Crippen LogP contribution < -0.4 is 0 Å². The van der Waals surface area contributed by atoms with Crippen LogP contribution in [-0.4, -0.2) is 49.8 Å². The van der Waals surface area contributed by atoms with Crippen molar-refractivity contribution in [3.05, 3.63) is 53.1 Å². The number of nitrogens with zero attached hydrogens (tertiary/aromatic N) is 4. The highest BCUT2D eigenvalue weighted by molar-refractivity contribution is 7.99. The molecule has 0 radical (unpaired) electrons. The van der Waals surface area contributed by atoms with Gasteiger partial charge in [-0.05, 0) is 57.0 Å². The average molecular weight is 497 g/mol. The van der Waals surface area contributed by atoms with Crippen LogP contribution in [0.5, 0.6) is 0 Å². The van der Waals surface area contributed by atoms with Gasteiger partial charge >= 0.3 is 6.18 Å². The fourth-order valence-corrected chi connectivity index (χ4v) is 4.91. The second-order valence-electron chi connectivity index (χ2n) is 8.26. The van der Waals surface area contributed by atoms with Crippen LogP contribution in [0.2, 0.25) is 0 Å². The highest BCUT2D eigenvalue weighted by atomic mass is 32.2. The maximum absolute atomic E-state index is 13.4. The Bertz CT molecular complexity index is 1170. The first-order valence-corrected chi connectivity index (χ1v) is 11.8. The molecular weight excluding hydrogens is 472 g/mol. The zero-order valence-corrected chi connectivity index (χ0v) is 19.5. The van der Waals surface area contributed by atoms with Crippen LogP contribution in [-0.2, 0) is 17.8 Å². The van der Waals surface area contributed by atoms with Crippen molar-refractivity contribution in [2.75, 3.05) is 12.4 Å². The largest absolute Gasteiger partial charge is 0.406 e. The highest BCUT2D eigenvalue weighted by Crippen LogP contribution is 2.29. The lowest BCUT2D eigenvalue weighted by Gasteiger charge is -2.15. The number of carbonyl (C=O) groups is 1. The quantitative estimate of drug-likeness (QED) is 0.243. The Morgan fingerprint density at radius 3 is 2.56 bits per heavy atom. The summed E-state index contributed by atoms with van der Waals surface area (Å²) in [7, 11) is 0. The van der Waals surface area contributed by atoms with Gasteiger partial charge in [-0.25, -0.2) is 4.39 Å². The fourth-order valence-electron chi connectivity index (χ4n) is 4.08. The first-order valence-electron chi connectivity index (χ1n) is 10.8. The first-order chi connectivity index (χ1) is 16.1. The Balaban J connectivity index is 1.55. The molecule has 0 saturated carbocycles. The second kappa shape index (κ2) is 9.91. The molecular formula is C23H24F4N4O2S. The first kappa shape index (κ1) is 24.5. The molecule has 1 aliphatic rings. The molecule has 0 amide bonds. The Kier molecular flexibility index (Phi) is 7.13. The molecule has 1 aliphatic heterocycles. The van der Waals surface area contributed by atoms with Crippen LogP contribution in [0.15, 0.2) is 35.5 Å². The smallest absolute Gasteiger partial charge is 0.376 e. The van der Waals surface area contributed by atoms with E-state index < -0.39 is 12.7 Å². The molecule has 1 unspecified atom stereocenters. The van der Waals surface area contributed by atoms with Crippen molar-refractivity contribution in [1.82, 2.24) is 19.3 Å². The third kappa shape index (κ3) is 5.52. The van der Waals surface area contributed by atoms with Gasteiger partial charge in [0.05, 0.1) is 18.4 Å². The molecule has 182 valence electrons. The molecule has 2 aromatic heterocycles. The summed E-state index contributed by atoms with van der Waals surface area (Å²) in [6.07, 6.45) is -2.56. The predicted molar refractivity (Wildman–Crippen MR) is 119 cm³/mol. The van der Waals surface area contributed by atoms with Gasteiger partial charge in [0.25, 0.3) is 0 Å². The normalized spacial score (nSPS) is 16.4. The molecule has 0 aliphatic carbocycles. The van der Waals surface area contributed by atoms with Crippen molar-refractivity contribution >= 4 is 17.5 Å². The van der Waals surface area contributed by atoms with Crippen molar-refractivity contribution in [1.29, 1.82) is 0 Å². The fraction of sp³-hybridized carbons (Fsp3) is 0.435. The van der Waals surface area contributed by atoms with E-state index in [0.29, 0.717) is 35.4 Å². The minimum Gasteiger partial charge on any atom is -0.376 e. The number of Topliss-reactive ketones (excluding diaryl/α,β-unsaturated/α-hetero) is 1. The summed E-state index contributed by atoms with van der Waals surface area (Å²) in [4.78, 5) is 12.9. The summed E-state index contributed by atoms with van der Waals surface area (Å²) in [5.74, 6) is -0.129. The van der Waals surface area contributed by atoms with Gasteiger partial charge < -0.3 is 9.30 Å². The van der Waals surface area contributed by atoms with E-state index in [1.54, 1.807) is 19.1 Å². The van der Waals surface area contributed by atoms with E-state index in [0.717, 1.165) is 17.4 Å². The highest BCUT2D eigenvalue weighted by Gasteiger charge is 2.30. The van der Waals surface area contributed by atoms with Crippen LogP contribution >= 0.6 is 11.8 Å². The molecule has 0 bridgehead atoms. The van der Waals surface area contributed by atoms with Crippen LogP contribution in [0, 0.1) is 19.7 Å². The SMILES string of the molecule is Cc1cc(C(=O)CSc2nnc(-c3ccc(F)cc3)n2CC2CCCO2)c(C)n1CC(F)(F)F. The summed E-state index contributed by atoms with van der Waals surface area (Å²) in [6, 6.07) is 7.40. The number of ether oxygens (including phenoxy) is 1. The standard InChI is InChI=1S/C23H24F4N4O2S/c1-14-10-19(15(2)31(14)13-23(25,26)27)20(32)12-34-22-29-28-21(16-5-7-17(24)8-6-16)30(22)11-18-4-3-9-33-18/h5-8,10,18H,3-4,9,11-13H2,1-2H3. The number of aromatic nitrogens is 4. The number of hydrogen-bond acceptors (Lipinski definition) is 5. The zero-order chi connectivity index (χ0) is 24.5. The minimum atomic E-state index is -4.38. The summed E-state index contributed by atoms with van der Waals surface area (Å²) in [6.45, 7) is 3.09. The van der Waals surface area contributed by atoms with E-state index in [9.17, 15) is 22.4 Å². The average Bonchev–Trinajstić information content (AvgIpc) is 3.49. The van der Waals surface area contributed by atoms with Crippen molar-refractivity contribution in [3.63, 3.8) is 0 Å². The van der Waals surface area contributed by atoms with Gasteiger partial charge in [0.2, 0.25) is 0 Å². The van der Waals surface area contributed by atoms with Crippen LogP contribution in [0.1, 0.15) is 34.6 Å². The molecule has 0 spiro atoms. The molecule has 1 aromatic carbocycles. The van der Waals surface area contributed by atoms with Gasteiger partial charge in [-0.15, -0.1) is 10.2 Å². The number of ketones is 1. The van der Waals surface area contributed by atoms with Crippen LogP contribution in [0.4, 0.5) is 17.6 Å². The Labute approximate surface area is 198 Å². The molecule has 1 atom stereocenters. The Morgan fingerprint density at radius 2 is 1.91 bits per heavy atom. The lowest BCUT2D eigenvalue weighted by molar-refractivity contribution is -0.141. The van der Waals surface area contributed by atoms with Crippen molar-refractivity contribution < 1.29 is 27.1 Å². The molecule has 6 nitrogen and oxygen atoms in total. The summed E-state index contributed by atoms with van der Waals surface area (Å²) < 4.78 is 60.8. The number of rotatable bonds is 8. The Morgan fingerprint density at radius 1 is 1.18 bits per heavy atom. The van der Waals surface area contributed by atoms with Crippen LogP contribution in [0.3, 0.4) is 0 Å². The lowest BCUT2D eigenvalue weighted by Crippen LogP contribution is -2.20. The number of carbonyl (C=O) groups excluding carboxylic acids is 1. The predicted octanol–water partition coefficient (Wildman–Crippen LogP) is 5.22. The van der Waals surface area contributed by atoms with Gasteiger partial charge in [-0.3, -0.25) is 9.36 Å². The second-order valence-corrected chi connectivity index (χ2v) is 9.20. The monoisotopic (exact) mass is 496 g/mol. The molecule has 34 heavy (non-hydrogen) atoms. The summed E-state index contributed by atoms with van der Waals surface area (Å²) >= 11 is 1.17. The third-order valence-electron chi connectivity index (χ3n) is 5.77. The van der Waals surface area contributed by atoms with E-state index >= 15 is 0 Å². The van der Waals surface area contributed by atoms with E-state index in [2.05, 4.69) is 10.2 Å². The molecule has 3 heterocycles. The van der Waals surface area contributed by atoms with E-state index in [4.69, 9.17) is 4.74 Å². The molecule has 1 fully saturated rings. The zero-order valence-electron chi connectivity index (χ0n) is 18.7. The topological polar surface area (TPSA) is 61.9 Å². The van der Waals surface area contributed by atoms with Crippen molar-refractivity contribution in [2.45, 2.75) is 57.2 Å². The summed E-state index contributed by atoms with van der Waals surface area (Å²) in [5, 5.41) is 8.99. The molecule has 3 aromatic rings. The number of hydrogen-bond donors (Lipinski definition) is 0. The molecule has 0 N–H and O–H groups in total. The van der Waals surface area contributed by atoms with Gasteiger partial charge in [0.15, 0.2) is 16.8 Å². The van der Waals surface area contributed by atoms with Gasteiger partial charge in [0.1, 0.15) is 12.4 Å². The van der Waals surface area contributed by atoms with E-state index in [1.807, 2.05) is 4.57 Å². The number of aryl methyl sites for hydroxylation is 1.